The van der Waals surface area contributed by atoms with Gasteiger partial charge in [0.2, 0.25) is 15.9 Å². The Balaban J connectivity index is 2.42. The predicted octanol–water partition coefficient (Wildman–Crippen LogP) is -1.38. The van der Waals surface area contributed by atoms with Crippen molar-refractivity contribution in [1.82, 2.24) is 10.6 Å². The summed E-state index contributed by atoms with van der Waals surface area (Å²) in [5.41, 5.74) is 0.698. The van der Waals surface area contributed by atoms with E-state index in [2.05, 4.69) is 10.6 Å². The van der Waals surface area contributed by atoms with Crippen molar-refractivity contribution >= 4 is 21.9 Å². The molecule has 9 heteroatoms. The van der Waals surface area contributed by atoms with Crippen molar-refractivity contribution in [3.63, 3.8) is 0 Å². The molecule has 0 aliphatic heterocycles. The van der Waals surface area contributed by atoms with Crippen LogP contribution in [0.1, 0.15) is 5.56 Å². The molecule has 1 rings (SSSR count). The number of aliphatic carboxylic acids is 1. The maximum atomic E-state index is 11.3. The van der Waals surface area contributed by atoms with Crippen molar-refractivity contribution in [1.29, 1.82) is 0 Å². The highest BCUT2D eigenvalue weighted by atomic mass is 32.2. The van der Waals surface area contributed by atoms with Crippen LogP contribution < -0.4 is 15.8 Å². The second kappa shape index (κ2) is 6.98. The van der Waals surface area contributed by atoms with Gasteiger partial charge in [-0.1, -0.05) is 12.1 Å². The van der Waals surface area contributed by atoms with Crippen molar-refractivity contribution in [2.75, 3.05) is 13.1 Å². The molecule has 0 radical (unpaired) electrons. The highest BCUT2D eigenvalue weighted by Gasteiger charge is 2.07. The van der Waals surface area contributed by atoms with Gasteiger partial charge in [0.1, 0.15) is 0 Å². The van der Waals surface area contributed by atoms with E-state index in [1.54, 1.807) is 0 Å². The van der Waals surface area contributed by atoms with Gasteiger partial charge in [0, 0.05) is 6.54 Å². The molecule has 0 heterocycles. The van der Waals surface area contributed by atoms with E-state index in [9.17, 15) is 18.0 Å². The summed E-state index contributed by atoms with van der Waals surface area (Å²) in [6.07, 6.45) is 0. The molecule has 0 atom stereocenters. The van der Waals surface area contributed by atoms with Gasteiger partial charge in [0.25, 0.3) is 0 Å². The Morgan fingerprint density at radius 2 is 1.75 bits per heavy atom. The molecule has 5 N–H and O–H groups in total. The predicted molar refractivity (Wildman–Crippen MR) is 70.2 cm³/mol. The summed E-state index contributed by atoms with van der Waals surface area (Å²) in [6.45, 7) is -0.198. The maximum absolute atomic E-state index is 11.3. The average molecular weight is 301 g/mol. The Labute approximate surface area is 116 Å². The van der Waals surface area contributed by atoms with Crippen LogP contribution in [0.15, 0.2) is 29.2 Å². The number of primary sulfonamides is 1. The Morgan fingerprint density at radius 3 is 2.25 bits per heavy atom. The molecule has 1 aromatic rings. The fourth-order valence-electron chi connectivity index (χ4n) is 1.34. The molecule has 0 unspecified atom stereocenters. The van der Waals surface area contributed by atoms with Crippen LogP contribution in [-0.4, -0.2) is 38.5 Å². The monoisotopic (exact) mass is 301 g/mol. The average Bonchev–Trinajstić information content (AvgIpc) is 2.35. The summed E-state index contributed by atoms with van der Waals surface area (Å²) < 4.78 is 22.1. The largest absolute Gasteiger partial charge is 0.480 e. The summed E-state index contributed by atoms with van der Waals surface area (Å²) in [5, 5.41) is 18.3. The zero-order valence-electron chi connectivity index (χ0n) is 10.5. The fraction of sp³-hybridized carbons (Fsp3) is 0.273. The van der Waals surface area contributed by atoms with E-state index in [1.165, 1.54) is 24.3 Å². The Kier molecular flexibility index (Phi) is 5.62. The number of carbonyl (C=O) groups is 2. The topological polar surface area (TPSA) is 139 Å². The van der Waals surface area contributed by atoms with Gasteiger partial charge in [0.05, 0.1) is 18.0 Å². The molecule has 8 nitrogen and oxygen atoms in total. The van der Waals surface area contributed by atoms with Gasteiger partial charge < -0.3 is 10.4 Å². The van der Waals surface area contributed by atoms with Crippen LogP contribution in [0.2, 0.25) is 0 Å². The minimum Gasteiger partial charge on any atom is -0.480 e. The number of nitrogens with two attached hydrogens (primary N) is 1. The smallest absolute Gasteiger partial charge is 0.317 e. The van der Waals surface area contributed by atoms with E-state index in [0.29, 0.717) is 5.56 Å². The quantitative estimate of drug-likeness (QED) is 0.490. The first-order valence-corrected chi connectivity index (χ1v) is 7.14. The van der Waals surface area contributed by atoms with E-state index < -0.39 is 16.0 Å². The standard InChI is InChI=1S/C11H15N3O5S/c12-20(18,19)9-3-1-8(2-4-9)5-14-10(15)6-13-7-11(16)17/h1-4,13H,5-7H2,(H,14,15)(H,16,17)(H2,12,18,19). The van der Waals surface area contributed by atoms with E-state index in [-0.39, 0.29) is 30.4 Å². The molecule has 0 bridgehead atoms. The second-order valence-electron chi connectivity index (χ2n) is 3.96. The third kappa shape index (κ3) is 5.78. The molecule has 0 saturated carbocycles. The van der Waals surface area contributed by atoms with Crippen LogP contribution in [0.4, 0.5) is 0 Å². The molecular weight excluding hydrogens is 286 g/mol. The molecule has 0 aliphatic carbocycles. The fourth-order valence-corrected chi connectivity index (χ4v) is 1.86. The Bertz CT molecular complexity index is 583. The Hall–Kier alpha value is -1.97. The summed E-state index contributed by atoms with van der Waals surface area (Å²) in [4.78, 5) is 21.6. The lowest BCUT2D eigenvalue weighted by Crippen LogP contribution is -2.35. The van der Waals surface area contributed by atoms with E-state index in [0.717, 1.165) is 0 Å². The second-order valence-corrected chi connectivity index (χ2v) is 5.52. The number of benzene rings is 1. The molecule has 20 heavy (non-hydrogen) atoms. The lowest BCUT2D eigenvalue weighted by atomic mass is 10.2. The van der Waals surface area contributed by atoms with Crippen LogP contribution in [0.25, 0.3) is 0 Å². The first-order valence-electron chi connectivity index (χ1n) is 5.60. The van der Waals surface area contributed by atoms with Gasteiger partial charge in [0.15, 0.2) is 0 Å². The molecule has 1 amide bonds. The summed E-state index contributed by atoms with van der Waals surface area (Å²) in [7, 11) is -3.72. The van der Waals surface area contributed by atoms with Gasteiger partial charge in [-0.05, 0) is 17.7 Å². The number of hydrogen-bond donors (Lipinski definition) is 4. The van der Waals surface area contributed by atoms with Crippen LogP contribution in [0, 0.1) is 0 Å². The highest BCUT2D eigenvalue weighted by molar-refractivity contribution is 7.89. The van der Waals surface area contributed by atoms with E-state index in [1.807, 2.05) is 0 Å². The number of carboxylic acids is 1. The number of amides is 1. The third-order valence-electron chi connectivity index (χ3n) is 2.30. The van der Waals surface area contributed by atoms with Crippen molar-refractivity contribution < 1.29 is 23.1 Å². The van der Waals surface area contributed by atoms with Crippen LogP contribution >= 0.6 is 0 Å². The maximum Gasteiger partial charge on any atom is 0.317 e. The molecule has 0 saturated heterocycles. The normalized spacial score (nSPS) is 11.1. The van der Waals surface area contributed by atoms with Gasteiger partial charge >= 0.3 is 5.97 Å². The lowest BCUT2D eigenvalue weighted by molar-refractivity contribution is -0.136. The first-order chi connectivity index (χ1) is 9.29. The molecule has 110 valence electrons. The summed E-state index contributed by atoms with van der Waals surface area (Å²) in [5.74, 6) is -1.40. The van der Waals surface area contributed by atoms with Crippen LogP contribution in [0.3, 0.4) is 0 Å². The van der Waals surface area contributed by atoms with Gasteiger partial charge in [-0.15, -0.1) is 0 Å². The van der Waals surface area contributed by atoms with Gasteiger partial charge in [-0.25, -0.2) is 13.6 Å². The molecule has 0 fully saturated rings. The molecule has 1 aromatic carbocycles. The lowest BCUT2D eigenvalue weighted by Gasteiger charge is -2.06. The minimum absolute atomic E-state index is 0.00398. The van der Waals surface area contributed by atoms with Gasteiger partial charge in [-0.2, -0.15) is 0 Å². The number of hydrogen-bond acceptors (Lipinski definition) is 5. The van der Waals surface area contributed by atoms with E-state index >= 15 is 0 Å². The van der Waals surface area contributed by atoms with Gasteiger partial charge in [-0.3, -0.25) is 14.9 Å². The SMILES string of the molecule is NS(=O)(=O)c1ccc(CNC(=O)CNCC(=O)O)cc1. The van der Waals surface area contributed by atoms with Crippen molar-refractivity contribution in [3.8, 4) is 0 Å². The van der Waals surface area contributed by atoms with Crippen molar-refractivity contribution in [3.05, 3.63) is 29.8 Å². The first kappa shape index (κ1) is 16.1. The van der Waals surface area contributed by atoms with Crippen molar-refractivity contribution in [2.45, 2.75) is 11.4 Å². The zero-order valence-corrected chi connectivity index (χ0v) is 11.3. The highest BCUT2D eigenvalue weighted by Crippen LogP contribution is 2.08. The molecule has 0 aliphatic rings. The summed E-state index contributed by atoms with van der Waals surface area (Å²) in [6, 6.07) is 5.76. The number of carboxylic acid groups (broad SMARTS) is 1. The number of rotatable bonds is 7. The molecule has 0 spiro atoms. The van der Waals surface area contributed by atoms with Crippen molar-refractivity contribution in [2.24, 2.45) is 5.14 Å². The van der Waals surface area contributed by atoms with Crippen LogP contribution in [0.5, 0.6) is 0 Å². The summed E-state index contributed by atoms with van der Waals surface area (Å²) >= 11 is 0. The zero-order chi connectivity index (χ0) is 15.2. The third-order valence-corrected chi connectivity index (χ3v) is 3.23. The number of nitrogens with one attached hydrogen (secondary N) is 2. The Morgan fingerprint density at radius 1 is 1.15 bits per heavy atom. The van der Waals surface area contributed by atoms with Crippen LogP contribution in [-0.2, 0) is 26.2 Å². The van der Waals surface area contributed by atoms with E-state index in [4.69, 9.17) is 10.2 Å². The number of carbonyl (C=O) groups excluding carboxylic acids is 1. The number of sulfonamides is 1. The molecular formula is C11H15N3O5S. The minimum atomic E-state index is -3.72. The molecule has 0 aromatic heterocycles.